The highest BCUT2D eigenvalue weighted by Gasteiger charge is 2.49. The van der Waals surface area contributed by atoms with Gasteiger partial charge in [-0.3, -0.25) is 9.69 Å². The summed E-state index contributed by atoms with van der Waals surface area (Å²) in [5, 5.41) is 10.3. The molecular weight excluding hydrogens is 316 g/mol. The number of carbonyl (C=O) groups is 1. The van der Waals surface area contributed by atoms with Gasteiger partial charge in [-0.25, -0.2) is 8.78 Å². The number of amides is 1. The largest absolute Gasteiger partial charge is 0.395 e. The Kier molecular flexibility index (Phi) is 3.58. The number of nitrogens with one attached hydrogen (secondary N) is 1. The van der Waals surface area contributed by atoms with Crippen molar-refractivity contribution in [1.82, 2.24) is 14.8 Å². The fourth-order valence-electron chi connectivity index (χ4n) is 3.72. The molecule has 4 rings (SSSR count). The summed E-state index contributed by atoms with van der Waals surface area (Å²) in [6.07, 6.45) is 1.51. The second-order valence-corrected chi connectivity index (χ2v) is 6.71. The van der Waals surface area contributed by atoms with Crippen molar-refractivity contribution in [2.75, 3.05) is 26.2 Å². The van der Waals surface area contributed by atoms with Gasteiger partial charge in [0, 0.05) is 54.3 Å². The van der Waals surface area contributed by atoms with Gasteiger partial charge >= 0.3 is 0 Å². The maximum absolute atomic E-state index is 13.6. The van der Waals surface area contributed by atoms with E-state index in [4.69, 9.17) is 0 Å². The summed E-state index contributed by atoms with van der Waals surface area (Å²) in [6.45, 7) is 0.248. The number of hydrogen-bond acceptors (Lipinski definition) is 3. The van der Waals surface area contributed by atoms with Crippen LogP contribution in [0.2, 0.25) is 0 Å². The van der Waals surface area contributed by atoms with Crippen molar-refractivity contribution in [1.29, 1.82) is 0 Å². The Balaban J connectivity index is 1.42. The predicted molar refractivity (Wildman–Crippen MR) is 85.1 cm³/mol. The summed E-state index contributed by atoms with van der Waals surface area (Å²) >= 11 is 0. The second-order valence-electron chi connectivity index (χ2n) is 6.71. The van der Waals surface area contributed by atoms with Crippen molar-refractivity contribution < 1.29 is 18.7 Å². The molecule has 1 aromatic carbocycles. The second kappa shape index (κ2) is 5.53. The van der Waals surface area contributed by atoms with Gasteiger partial charge in [0.05, 0.1) is 13.2 Å². The molecule has 0 spiro atoms. The van der Waals surface area contributed by atoms with Crippen molar-refractivity contribution in [2.45, 2.75) is 24.4 Å². The van der Waals surface area contributed by atoms with Crippen LogP contribution in [0.15, 0.2) is 30.5 Å². The molecule has 128 valence electrons. The third kappa shape index (κ3) is 2.57. The number of aromatic nitrogens is 1. The quantitative estimate of drug-likeness (QED) is 0.897. The molecular formula is C17H19F2N3O2. The predicted octanol–water partition coefficient (Wildman–Crippen LogP) is 1.69. The minimum Gasteiger partial charge on any atom is -0.395 e. The molecule has 1 atom stereocenters. The van der Waals surface area contributed by atoms with Crippen LogP contribution in [0.5, 0.6) is 0 Å². The highest BCUT2D eigenvalue weighted by molar-refractivity contribution is 5.98. The van der Waals surface area contributed by atoms with E-state index in [0.717, 1.165) is 10.9 Å². The van der Waals surface area contributed by atoms with Gasteiger partial charge in [-0.15, -0.1) is 0 Å². The topological polar surface area (TPSA) is 59.6 Å². The van der Waals surface area contributed by atoms with Crippen LogP contribution in [0.4, 0.5) is 8.78 Å². The van der Waals surface area contributed by atoms with Crippen LogP contribution < -0.4 is 0 Å². The first kappa shape index (κ1) is 15.5. The van der Waals surface area contributed by atoms with Crippen LogP contribution in [0, 0.1) is 0 Å². The SMILES string of the molecule is O=C(c1ccc2[nH]ccc2c1)N1CC(N2CC(F)(F)C[C@H]2CO)C1. The molecule has 0 radical (unpaired) electrons. The van der Waals surface area contributed by atoms with Crippen LogP contribution in [0.25, 0.3) is 10.9 Å². The number of carbonyl (C=O) groups excluding carboxylic acids is 1. The summed E-state index contributed by atoms with van der Waals surface area (Å²) in [5.74, 6) is -2.84. The van der Waals surface area contributed by atoms with Crippen molar-refractivity contribution in [3.63, 3.8) is 0 Å². The molecule has 2 saturated heterocycles. The van der Waals surface area contributed by atoms with E-state index in [-0.39, 0.29) is 31.5 Å². The number of H-pyrrole nitrogens is 1. The number of halogens is 2. The van der Waals surface area contributed by atoms with E-state index in [1.807, 2.05) is 24.4 Å². The number of alkyl halides is 2. The fourth-order valence-corrected chi connectivity index (χ4v) is 3.72. The zero-order chi connectivity index (χ0) is 16.9. The molecule has 0 saturated carbocycles. The first-order valence-corrected chi connectivity index (χ1v) is 8.08. The number of aliphatic hydroxyl groups excluding tert-OH is 1. The van der Waals surface area contributed by atoms with E-state index in [1.54, 1.807) is 15.9 Å². The Labute approximate surface area is 137 Å². The lowest BCUT2D eigenvalue weighted by atomic mass is 10.0. The van der Waals surface area contributed by atoms with Gasteiger partial charge in [-0.2, -0.15) is 0 Å². The maximum Gasteiger partial charge on any atom is 0.262 e. The molecule has 0 aliphatic carbocycles. The Morgan fingerprint density at radius 1 is 1.33 bits per heavy atom. The summed E-state index contributed by atoms with van der Waals surface area (Å²) < 4.78 is 27.1. The van der Waals surface area contributed by atoms with Crippen molar-refractivity contribution >= 4 is 16.8 Å². The van der Waals surface area contributed by atoms with Crippen molar-refractivity contribution in [3.05, 3.63) is 36.0 Å². The van der Waals surface area contributed by atoms with E-state index in [2.05, 4.69) is 4.98 Å². The van der Waals surface area contributed by atoms with Gasteiger partial charge in [0.15, 0.2) is 0 Å². The van der Waals surface area contributed by atoms with E-state index in [0.29, 0.717) is 18.7 Å². The summed E-state index contributed by atoms with van der Waals surface area (Å²) in [7, 11) is 0. The first-order valence-electron chi connectivity index (χ1n) is 8.08. The molecule has 2 aromatic rings. The molecule has 2 fully saturated rings. The smallest absolute Gasteiger partial charge is 0.262 e. The van der Waals surface area contributed by atoms with Gasteiger partial charge < -0.3 is 15.0 Å². The van der Waals surface area contributed by atoms with Crippen LogP contribution >= 0.6 is 0 Å². The normalized spacial score (nSPS) is 24.5. The average Bonchev–Trinajstić information content (AvgIpc) is 3.08. The number of rotatable bonds is 3. The Morgan fingerprint density at radius 3 is 2.88 bits per heavy atom. The molecule has 2 aliphatic heterocycles. The summed E-state index contributed by atoms with van der Waals surface area (Å²) in [5.41, 5.74) is 1.57. The van der Waals surface area contributed by atoms with Gasteiger partial charge in [0.25, 0.3) is 11.8 Å². The van der Waals surface area contributed by atoms with Gasteiger partial charge in [0.2, 0.25) is 0 Å². The highest BCUT2D eigenvalue weighted by atomic mass is 19.3. The van der Waals surface area contributed by atoms with Gasteiger partial charge in [0.1, 0.15) is 0 Å². The molecule has 7 heteroatoms. The van der Waals surface area contributed by atoms with Crippen molar-refractivity contribution in [2.24, 2.45) is 0 Å². The number of hydrogen-bond donors (Lipinski definition) is 2. The average molecular weight is 335 g/mol. The van der Waals surface area contributed by atoms with Gasteiger partial charge in [-0.1, -0.05) is 0 Å². The van der Waals surface area contributed by atoms with Crippen LogP contribution in [0.3, 0.4) is 0 Å². The number of nitrogens with zero attached hydrogens (tertiary/aromatic N) is 2. The molecule has 0 bridgehead atoms. The number of fused-ring (bicyclic) bond motifs is 1. The molecule has 5 nitrogen and oxygen atoms in total. The lowest BCUT2D eigenvalue weighted by Gasteiger charge is -2.45. The Hall–Kier alpha value is -1.99. The lowest BCUT2D eigenvalue weighted by molar-refractivity contribution is -0.0125. The molecule has 1 amide bonds. The standard InChI is InChI=1S/C17H19F2N3O2/c18-17(19)6-13(9-23)22(10-17)14-7-21(8-14)16(24)12-1-2-15-11(5-12)3-4-20-15/h1-5,13-14,20,23H,6-10H2/t13-/m0/s1. The first-order chi connectivity index (χ1) is 11.5. The van der Waals surface area contributed by atoms with Crippen LogP contribution in [-0.4, -0.2) is 70.0 Å². The molecule has 0 unspecified atom stereocenters. The van der Waals surface area contributed by atoms with E-state index in [1.165, 1.54) is 0 Å². The van der Waals surface area contributed by atoms with Crippen LogP contribution in [0.1, 0.15) is 16.8 Å². The zero-order valence-corrected chi connectivity index (χ0v) is 13.1. The number of aliphatic hydroxyl groups is 1. The molecule has 1 aromatic heterocycles. The van der Waals surface area contributed by atoms with Gasteiger partial charge in [-0.05, 0) is 24.3 Å². The third-order valence-corrected chi connectivity index (χ3v) is 5.05. The number of likely N-dealkylation sites (tertiary alicyclic amines) is 2. The van der Waals surface area contributed by atoms with E-state index < -0.39 is 12.0 Å². The number of aromatic amines is 1. The van der Waals surface area contributed by atoms with Crippen LogP contribution in [-0.2, 0) is 0 Å². The highest BCUT2D eigenvalue weighted by Crippen LogP contribution is 2.35. The summed E-state index contributed by atoms with van der Waals surface area (Å²) in [6, 6.07) is 6.76. The van der Waals surface area contributed by atoms with E-state index >= 15 is 0 Å². The third-order valence-electron chi connectivity index (χ3n) is 5.05. The Bertz CT molecular complexity index is 770. The maximum atomic E-state index is 13.6. The summed E-state index contributed by atoms with van der Waals surface area (Å²) in [4.78, 5) is 18.9. The number of benzene rings is 1. The molecule has 2 aliphatic rings. The Morgan fingerprint density at radius 2 is 2.12 bits per heavy atom. The molecule has 3 heterocycles. The fraction of sp³-hybridized carbons (Fsp3) is 0.471. The minimum absolute atomic E-state index is 0.0825. The molecule has 2 N–H and O–H groups in total. The molecule has 24 heavy (non-hydrogen) atoms. The van der Waals surface area contributed by atoms with E-state index in [9.17, 15) is 18.7 Å². The minimum atomic E-state index is -2.75. The van der Waals surface area contributed by atoms with Crippen molar-refractivity contribution in [3.8, 4) is 0 Å². The zero-order valence-electron chi connectivity index (χ0n) is 13.1. The lowest BCUT2D eigenvalue weighted by Crippen LogP contribution is -2.62. The monoisotopic (exact) mass is 335 g/mol.